The van der Waals surface area contributed by atoms with Gasteiger partial charge >= 0.3 is 0 Å². The molecule has 16 heavy (non-hydrogen) atoms. The van der Waals surface area contributed by atoms with Crippen LogP contribution in [-0.2, 0) is 11.3 Å². The van der Waals surface area contributed by atoms with Gasteiger partial charge in [0.2, 0.25) is 0 Å². The molecule has 0 fully saturated rings. The lowest BCUT2D eigenvalue weighted by Crippen LogP contribution is -1.99. The molecule has 0 saturated carbocycles. The van der Waals surface area contributed by atoms with Gasteiger partial charge in [0, 0.05) is 13.2 Å². The monoisotopic (exact) mass is 260 g/mol. The number of aromatic nitrogens is 2. The van der Waals surface area contributed by atoms with Gasteiger partial charge in [-0.05, 0) is 18.1 Å². The fourth-order valence-electron chi connectivity index (χ4n) is 1.11. The molecular weight excluding hydrogens is 244 g/mol. The van der Waals surface area contributed by atoms with E-state index < -0.39 is 0 Å². The minimum Gasteiger partial charge on any atom is -0.377 e. The van der Waals surface area contributed by atoms with Crippen molar-refractivity contribution in [1.82, 2.24) is 9.97 Å². The van der Waals surface area contributed by atoms with Crippen molar-refractivity contribution < 1.29 is 4.74 Å². The fourth-order valence-corrected chi connectivity index (χ4v) is 2.54. The van der Waals surface area contributed by atoms with Crippen molar-refractivity contribution in [3.8, 4) is 0 Å². The quantitative estimate of drug-likeness (QED) is 0.580. The minimum absolute atomic E-state index is 0.401. The molecule has 1 heterocycles. The smallest absolute Gasteiger partial charge is 0.156 e. The van der Waals surface area contributed by atoms with Crippen molar-refractivity contribution in [2.75, 3.05) is 12.9 Å². The van der Waals surface area contributed by atoms with Crippen LogP contribution < -0.4 is 0 Å². The summed E-state index contributed by atoms with van der Waals surface area (Å²) in [4.78, 5) is 8.45. The lowest BCUT2D eigenvalue weighted by molar-refractivity contribution is 0.177. The van der Waals surface area contributed by atoms with Gasteiger partial charge in [0.05, 0.1) is 0 Å². The highest BCUT2D eigenvalue weighted by atomic mass is 35.5. The molecule has 0 aliphatic carbocycles. The second-order valence-corrected chi connectivity index (χ2v) is 5.41. The van der Waals surface area contributed by atoms with E-state index in [0.717, 1.165) is 10.8 Å². The molecule has 0 bridgehead atoms. The average molecular weight is 261 g/mol. The molecule has 5 heteroatoms. The summed E-state index contributed by atoms with van der Waals surface area (Å²) in [6, 6.07) is 1.80. The maximum absolute atomic E-state index is 5.91. The summed E-state index contributed by atoms with van der Waals surface area (Å²) in [5.41, 5.74) is 0. The van der Waals surface area contributed by atoms with Crippen LogP contribution in [0.5, 0.6) is 0 Å². The van der Waals surface area contributed by atoms with Gasteiger partial charge in [-0.25, -0.2) is 9.97 Å². The third-order valence-corrected chi connectivity index (χ3v) is 3.07. The van der Waals surface area contributed by atoms with Gasteiger partial charge in [-0.1, -0.05) is 25.4 Å². The summed E-state index contributed by atoms with van der Waals surface area (Å²) in [5.74, 6) is 2.41. The molecule has 0 spiro atoms. The second-order valence-electron chi connectivity index (χ2n) is 3.91. The van der Waals surface area contributed by atoms with E-state index in [-0.39, 0.29) is 0 Å². The molecule has 0 aliphatic heterocycles. The Hall–Kier alpha value is -0.320. The normalized spacial score (nSPS) is 11.1. The Balaban J connectivity index is 2.58. The number of thioether (sulfide) groups is 1. The predicted molar refractivity (Wildman–Crippen MR) is 67.9 cm³/mol. The van der Waals surface area contributed by atoms with Crippen LogP contribution in [0.2, 0.25) is 5.15 Å². The lowest BCUT2D eigenvalue weighted by Gasteiger charge is -2.05. The van der Waals surface area contributed by atoms with Crippen LogP contribution in [0.1, 0.15) is 26.1 Å². The Morgan fingerprint density at radius 3 is 2.81 bits per heavy atom. The Kier molecular flexibility index (Phi) is 6.09. The minimum atomic E-state index is 0.401. The molecule has 0 aromatic carbocycles. The Labute approximate surface area is 106 Å². The Bertz CT molecular complexity index is 334. The van der Waals surface area contributed by atoms with Crippen molar-refractivity contribution in [2.45, 2.75) is 31.9 Å². The van der Waals surface area contributed by atoms with Gasteiger partial charge in [0.25, 0.3) is 0 Å². The first-order valence-electron chi connectivity index (χ1n) is 5.27. The maximum atomic E-state index is 5.91. The predicted octanol–water partition coefficient (Wildman–Crippen LogP) is 3.41. The Morgan fingerprint density at radius 2 is 2.19 bits per heavy atom. The SMILES string of the molecule is COCc1nc(Cl)cc(SCCC(C)C)n1. The van der Waals surface area contributed by atoms with Crippen molar-refractivity contribution in [3.05, 3.63) is 17.0 Å². The average Bonchev–Trinajstić information content (AvgIpc) is 2.16. The van der Waals surface area contributed by atoms with Crippen LogP contribution in [0.3, 0.4) is 0 Å². The lowest BCUT2D eigenvalue weighted by atomic mass is 10.2. The summed E-state index contributed by atoms with van der Waals surface area (Å²) in [7, 11) is 1.62. The number of ether oxygens (including phenoxy) is 1. The van der Waals surface area contributed by atoms with Gasteiger partial charge in [0.1, 0.15) is 16.8 Å². The van der Waals surface area contributed by atoms with E-state index in [1.165, 1.54) is 6.42 Å². The maximum Gasteiger partial charge on any atom is 0.156 e. The highest BCUT2D eigenvalue weighted by molar-refractivity contribution is 7.99. The zero-order valence-electron chi connectivity index (χ0n) is 9.86. The number of hydrogen-bond acceptors (Lipinski definition) is 4. The topological polar surface area (TPSA) is 35.0 Å². The zero-order valence-corrected chi connectivity index (χ0v) is 11.4. The molecule has 90 valence electrons. The van der Waals surface area contributed by atoms with E-state index in [4.69, 9.17) is 16.3 Å². The van der Waals surface area contributed by atoms with E-state index >= 15 is 0 Å². The van der Waals surface area contributed by atoms with Crippen LogP contribution in [0.15, 0.2) is 11.1 Å². The largest absolute Gasteiger partial charge is 0.377 e. The summed E-state index contributed by atoms with van der Waals surface area (Å²) in [5, 5.41) is 1.40. The number of hydrogen-bond donors (Lipinski definition) is 0. The fraction of sp³-hybridized carbons (Fsp3) is 0.636. The first-order valence-corrected chi connectivity index (χ1v) is 6.63. The summed E-state index contributed by atoms with van der Waals surface area (Å²) < 4.78 is 4.99. The second kappa shape index (κ2) is 7.09. The van der Waals surface area contributed by atoms with Gasteiger partial charge < -0.3 is 4.74 Å². The number of nitrogens with zero attached hydrogens (tertiary/aromatic N) is 2. The van der Waals surface area contributed by atoms with Crippen LogP contribution in [0, 0.1) is 5.92 Å². The van der Waals surface area contributed by atoms with Gasteiger partial charge in [-0.15, -0.1) is 11.8 Å². The van der Waals surface area contributed by atoms with E-state index in [1.807, 2.05) is 0 Å². The zero-order chi connectivity index (χ0) is 12.0. The highest BCUT2D eigenvalue weighted by Crippen LogP contribution is 2.21. The van der Waals surface area contributed by atoms with Crippen molar-refractivity contribution in [3.63, 3.8) is 0 Å². The standard InChI is InChI=1S/C11H17ClN2OS/c1-8(2)4-5-16-11-6-9(12)13-10(14-11)7-15-3/h6,8H,4-5,7H2,1-3H3. The van der Waals surface area contributed by atoms with Crippen LogP contribution in [0.4, 0.5) is 0 Å². The van der Waals surface area contributed by atoms with E-state index in [1.54, 1.807) is 24.9 Å². The Morgan fingerprint density at radius 1 is 1.44 bits per heavy atom. The van der Waals surface area contributed by atoms with E-state index in [0.29, 0.717) is 23.5 Å². The summed E-state index contributed by atoms with van der Waals surface area (Å²) >= 11 is 7.62. The summed E-state index contributed by atoms with van der Waals surface area (Å²) in [6.07, 6.45) is 1.17. The molecule has 0 N–H and O–H groups in total. The van der Waals surface area contributed by atoms with Crippen LogP contribution in [-0.4, -0.2) is 22.8 Å². The van der Waals surface area contributed by atoms with Crippen LogP contribution >= 0.6 is 23.4 Å². The van der Waals surface area contributed by atoms with Crippen molar-refractivity contribution >= 4 is 23.4 Å². The first kappa shape index (κ1) is 13.7. The number of rotatable bonds is 6. The molecule has 1 rings (SSSR count). The third kappa shape index (κ3) is 5.14. The summed E-state index contributed by atoms with van der Waals surface area (Å²) in [6.45, 7) is 4.83. The molecule has 1 aromatic heterocycles. The number of methoxy groups -OCH3 is 1. The molecule has 0 aliphatic rings. The van der Waals surface area contributed by atoms with Gasteiger partial charge in [0.15, 0.2) is 5.82 Å². The van der Waals surface area contributed by atoms with Gasteiger partial charge in [-0.2, -0.15) is 0 Å². The number of halogens is 1. The molecule has 3 nitrogen and oxygen atoms in total. The first-order chi connectivity index (χ1) is 7.61. The van der Waals surface area contributed by atoms with Gasteiger partial charge in [-0.3, -0.25) is 0 Å². The van der Waals surface area contributed by atoms with E-state index in [2.05, 4.69) is 23.8 Å². The molecule has 0 atom stereocenters. The van der Waals surface area contributed by atoms with E-state index in [9.17, 15) is 0 Å². The highest BCUT2D eigenvalue weighted by Gasteiger charge is 2.04. The van der Waals surface area contributed by atoms with Crippen molar-refractivity contribution in [2.24, 2.45) is 5.92 Å². The molecule has 1 aromatic rings. The molecular formula is C11H17ClN2OS. The molecule has 0 amide bonds. The van der Waals surface area contributed by atoms with Crippen molar-refractivity contribution in [1.29, 1.82) is 0 Å². The third-order valence-electron chi connectivity index (χ3n) is 1.94. The molecule has 0 saturated heterocycles. The van der Waals surface area contributed by atoms with Crippen LogP contribution in [0.25, 0.3) is 0 Å². The molecule has 0 unspecified atom stereocenters. The molecule has 0 radical (unpaired) electrons.